The lowest BCUT2D eigenvalue weighted by molar-refractivity contribution is 0.435. The summed E-state index contributed by atoms with van der Waals surface area (Å²) in [6.45, 7) is 0. The van der Waals surface area contributed by atoms with Crippen LogP contribution < -0.4 is 10.1 Å². The molecule has 8 heteroatoms. The molecule has 0 heterocycles. The zero-order valence-corrected chi connectivity index (χ0v) is 14.2. The summed E-state index contributed by atoms with van der Waals surface area (Å²) in [6.07, 6.45) is 3.58. The zero-order chi connectivity index (χ0) is 16.8. The van der Waals surface area contributed by atoms with Gasteiger partial charge in [0, 0.05) is 6.07 Å². The van der Waals surface area contributed by atoms with Gasteiger partial charge < -0.3 is 4.74 Å². The number of amidine groups is 1. The van der Waals surface area contributed by atoms with Crippen molar-refractivity contribution < 1.29 is 13.5 Å². The normalized spacial score (nSPS) is 11.0. The molecule has 0 aliphatic rings. The van der Waals surface area contributed by atoms with Gasteiger partial charge in [-0.2, -0.15) is 5.26 Å². The van der Waals surface area contributed by atoms with Crippen LogP contribution in [-0.4, -0.2) is 11.4 Å². The van der Waals surface area contributed by atoms with Crippen molar-refractivity contribution in [3.63, 3.8) is 0 Å². The number of halogens is 3. The molecule has 0 unspecified atom stereocenters. The van der Waals surface area contributed by atoms with Crippen LogP contribution in [0.4, 0.5) is 14.5 Å². The second-order valence-corrected chi connectivity index (χ2v) is 5.80. The highest BCUT2D eigenvalue weighted by atomic mass is 79.9. The van der Waals surface area contributed by atoms with E-state index in [4.69, 9.17) is 10.00 Å². The molecule has 118 valence electrons. The van der Waals surface area contributed by atoms with Crippen LogP contribution in [0, 0.1) is 23.1 Å². The van der Waals surface area contributed by atoms with Crippen molar-refractivity contribution in [2.75, 3.05) is 6.26 Å². The third kappa shape index (κ3) is 4.68. The fourth-order valence-corrected chi connectivity index (χ4v) is 2.40. The Labute approximate surface area is 144 Å². The van der Waals surface area contributed by atoms with E-state index in [1.54, 1.807) is 30.6 Å². The van der Waals surface area contributed by atoms with E-state index < -0.39 is 11.6 Å². The average molecular weight is 398 g/mol. The van der Waals surface area contributed by atoms with Gasteiger partial charge in [-0.15, -0.1) is 0 Å². The van der Waals surface area contributed by atoms with Gasteiger partial charge in [0.05, 0.1) is 10.2 Å². The maximum absolute atomic E-state index is 13.6. The molecular formula is C15H10BrF2N3OS. The smallest absolute Gasteiger partial charge is 0.183 e. The van der Waals surface area contributed by atoms with Gasteiger partial charge in [-0.25, -0.2) is 13.8 Å². The molecule has 0 amide bonds. The molecule has 0 atom stereocenters. The molecule has 1 N–H and O–H groups in total. The number of nitrogens with zero attached hydrogens (tertiary/aromatic N) is 2. The number of nitriles is 1. The summed E-state index contributed by atoms with van der Waals surface area (Å²) in [6, 6.07) is 7.98. The van der Waals surface area contributed by atoms with Crippen LogP contribution in [0.1, 0.15) is 0 Å². The van der Waals surface area contributed by atoms with E-state index in [2.05, 4.69) is 26.2 Å². The van der Waals surface area contributed by atoms with Gasteiger partial charge in [0.15, 0.2) is 22.9 Å². The van der Waals surface area contributed by atoms with Crippen LogP contribution in [0.3, 0.4) is 0 Å². The number of hydrogen-bond acceptors (Lipinski definition) is 4. The van der Waals surface area contributed by atoms with E-state index in [9.17, 15) is 8.78 Å². The summed E-state index contributed by atoms with van der Waals surface area (Å²) < 4.78 is 32.5. The molecule has 2 rings (SSSR count). The van der Waals surface area contributed by atoms with E-state index in [-0.39, 0.29) is 5.75 Å². The molecule has 2 aromatic carbocycles. The lowest BCUT2D eigenvalue weighted by Crippen LogP contribution is -2.12. The quantitative estimate of drug-likeness (QED) is 0.344. The Morgan fingerprint density at radius 2 is 2.00 bits per heavy atom. The Morgan fingerprint density at radius 3 is 2.61 bits per heavy atom. The summed E-state index contributed by atoms with van der Waals surface area (Å²) in [5.74, 6) is -1.19. The molecule has 0 saturated carbocycles. The predicted molar refractivity (Wildman–Crippen MR) is 89.9 cm³/mol. The van der Waals surface area contributed by atoms with Crippen molar-refractivity contribution in [2.24, 2.45) is 4.99 Å². The van der Waals surface area contributed by atoms with Gasteiger partial charge in [0.25, 0.3) is 0 Å². The van der Waals surface area contributed by atoms with Gasteiger partial charge in [-0.1, -0.05) is 11.8 Å². The summed E-state index contributed by atoms with van der Waals surface area (Å²) in [5.41, 5.74) is 0.580. The van der Waals surface area contributed by atoms with Crippen molar-refractivity contribution in [2.45, 2.75) is 0 Å². The molecule has 0 spiro atoms. The molecule has 0 fully saturated rings. The van der Waals surface area contributed by atoms with Gasteiger partial charge in [0.1, 0.15) is 11.6 Å². The number of rotatable bonds is 3. The van der Waals surface area contributed by atoms with Crippen LogP contribution in [0.15, 0.2) is 45.9 Å². The fraction of sp³-hybridized carbons (Fsp3) is 0.0667. The largest absolute Gasteiger partial charge is 0.453 e. The number of benzene rings is 2. The summed E-state index contributed by atoms with van der Waals surface area (Å²) in [5, 5.41) is 11.5. The lowest BCUT2D eigenvalue weighted by atomic mass is 10.3. The lowest BCUT2D eigenvalue weighted by Gasteiger charge is -2.09. The molecule has 0 radical (unpaired) electrons. The SMILES string of the molecule is CSC(=Nc1ccc(Oc2ccc(F)cc2F)c(Br)c1)NC#N. The van der Waals surface area contributed by atoms with Crippen molar-refractivity contribution in [1.29, 1.82) is 5.26 Å². The highest BCUT2D eigenvalue weighted by Gasteiger charge is 2.09. The van der Waals surface area contributed by atoms with Crippen molar-refractivity contribution in [1.82, 2.24) is 5.32 Å². The zero-order valence-electron chi connectivity index (χ0n) is 11.8. The molecule has 2 aromatic rings. The second-order valence-electron chi connectivity index (χ2n) is 4.15. The van der Waals surface area contributed by atoms with Gasteiger partial charge in [-0.3, -0.25) is 5.32 Å². The number of ether oxygens (including phenoxy) is 1. The Bertz CT molecular complexity index is 793. The summed E-state index contributed by atoms with van der Waals surface area (Å²) in [4.78, 5) is 4.24. The third-order valence-corrected chi connectivity index (χ3v) is 3.82. The third-order valence-electron chi connectivity index (χ3n) is 2.62. The molecule has 0 aliphatic heterocycles. The number of thioether (sulfide) groups is 1. The molecule has 0 aromatic heterocycles. The van der Waals surface area contributed by atoms with Crippen molar-refractivity contribution >= 4 is 38.5 Å². The van der Waals surface area contributed by atoms with E-state index in [1.807, 2.05) is 0 Å². The van der Waals surface area contributed by atoms with Gasteiger partial charge in [-0.05, 0) is 52.5 Å². The Morgan fingerprint density at radius 1 is 1.26 bits per heavy atom. The number of nitrogens with one attached hydrogen (secondary N) is 1. The van der Waals surface area contributed by atoms with Crippen LogP contribution in [0.2, 0.25) is 0 Å². The summed E-state index contributed by atoms with van der Waals surface area (Å²) in [7, 11) is 0. The minimum absolute atomic E-state index is 0.0840. The Kier molecular flexibility index (Phi) is 5.96. The summed E-state index contributed by atoms with van der Waals surface area (Å²) >= 11 is 4.60. The number of hydrogen-bond donors (Lipinski definition) is 1. The van der Waals surface area contributed by atoms with E-state index in [0.29, 0.717) is 21.1 Å². The number of aliphatic imine (C=N–C) groups is 1. The molecule has 4 nitrogen and oxygen atoms in total. The van der Waals surface area contributed by atoms with Gasteiger partial charge >= 0.3 is 0 Å². The Hall–Kier alpha value is -2.11. The predicted octanol–water partition coefficient (Wildman–Crippen LogP) is 4.94. The highest BCUT2D eigenvalue weighted by molar-refractivity contribution is 9.10. The maximum atomic E-state index is 13.6. The first-order valence-electron chi connectivity index (χ1n) is 6.23. The molecule has 0 bridgehead atoms. The van der Waals surface area contributed by atoms with Crippen LogP contribution in [-0.2, 0) is 0 Å². The van der Waals surface area contributed by atoms with E-state index in [0.717, 1.165) is 12.1 Å². The van der Waals surface area contributed by atoms with Crippen LogP contribution >= 0.6 is 27.7 Å². The molecule has 0 aliphatic carbocycles. The van der Waals surface area contributed by atoms with Crippen molar-refractivity contribution in [3.05, 3.63) is 52.5 Å². The first-order chi connectivity index (χ1) is 11.0. The van der Waals surface area contributed by atoms with Crippen molar-refractivity contribution in [3.8, 4) is 17.7 Å². The van der Waals surface area contributed by atoms with Crippen LogP contribution in [0.5, 0.6) is 11.5 Å². The fourth-order valence-electron chi connectivity index (χ4n) is 1.61. The first-order valence-corrected chi connectivity index (χ1v) is 8.25. The highest BCUT2D eigenvalue weighted by Crippen LogP contribution is 2.34. The minimum Gasteiger partial charge on any atom is -0.453 e. The van der Waals surface area contributed by atoms with E-state index in [1.165, 1.54) is 17.8 Å². The first kappa shape index (κ1) is 17.2. The molecular weight excluding hydrogens is 388 g/mol. The van der Waals surface area contributed by atoms with Crippen LogP contribution in [0.25, 0.3) is 0 Å². The topological polar surface area (TPSA) is 57.4 Å². The van der Waals surface area contributed by atoms with E-state index >= 15 is 0 Å². The average Bonchev–Trinajstić information content (AvgIpc) is 2.51. The minimum atomic E-state index is -0.790. The monoisotopic (exact) mass is 397 g/mol. The van der Waals surface area contributed by atoms with Gasteiger partial charge in [0.2, 0.25) is 0 Å². The molecule has 23 heavy (non-hydrogen) atoms. The second kappa shape index (κ2) is 7.94. The standard InChI is InChI=1S/C15H10BrF2N3OS/c1-23-15(20-8-19)21-10-3-5-13(11(16)7-10)22-14-4-2-9(17)6-12(14)18/h2-7H,1H3,(H,20,21). The maximum Gasteiger partial charge on any atom is 0.183 e. The molecule has 0 saturated heterocycles. The Balaban J connectivity index is 2.24.